The lowest BCUT2D eigenvalue weighted by molar-refractivity contribution is 0.948. The third kappa shape index (κ3) is 2.45. The average Bonchev–Trinajstić information content (AvgIpc) is 2.04. The molecule has 0 aliphatic heterocycles. The fourth-order valence-electron chi connectivity index (χ4n) is 1.73. The van der Waals surface area contributed by atoms with E-state index in [1.165, 1.54) is 16.7 Å². The van der Waals surface area contributed by atoms with E-state index in [1.807, 2.05) is 0 Å². The van der Waals surface area contributed by atoms with E-state index in [-0.39, 0.29) is 0 Å². The fraction of sp³-hybridized carbons (Fsp3) is 0.385. The van der Waals surface area contributed by atoms with Crippen molar-refractivity contribution in [2.45, 2.75) is 33.6 Å². The van der Waals surface area contributed by atoms with Gasteiger partial charge >= 0.3 is 0 Å². The van der Waals surface area contributed by atoms with Crippen molar-refractivity contribution in [2.75, 3.05) is 0 Å². The molecule has 1 unspecified atom stereocenters. The first-order chi connectivity index (χ1) is 6.15. The molecule has 0 heterocycles. The molecule has 0 heteroatoms. The van der Waals surface area contributed by atoms with Crippen LogP contribution in [0.5, 0.6) is 0 Å². The van der Waals surface area contributed by atoms with Crippen molar-refractivity contribution in [3.05, 3.63) is 47.0 Å². The van der Waals surface area contributed by atoms with Crippen molar-refractivity contribution in [1.29, 1.82) is 0 Å². The molecule has 0 bridgehead atoms. The number of benzene rings is 1. The summed E-state index contributed by atoms with van der Waals surface area (Å²) in [6.07, 6.45) is 4.35. The first kappa shape index (κ1) is 10.0. The molecular weight excluding hydrogens is 156 g/mol. The molecule has 0 radical (unpaired) electrons. The molecule has 0 amide bonds. The molecular formula is C13H18. The van der Waals surface area contributed by atoms with Crippen LogP contribution < -0.4 is 0 Å². The van der Waals surface area contributed by atoms with Crippen LogP contribution in [-0.4, -0.2) is 0 Å². The lowest BCUT2D eigenvalue weighted by Gasteiger charge is -2.10. The van der Waals surface area contributed by atoms with E-state index in [2.05, 4.69) is 58.0 Å². The third-order valence-electron chi connectivity index (χ3n) is 2.40. The van der Waals surface area contributed by atoms with Crippen molar-refractivity contribution in [2.24, 2.45) is 0 Å². The highest BCUT2D eigenvalue weighted by Gasteiger charge is 2.03. The number of aryl methyl sites for hydroxylation is 2. The number of rotatable bonds is 2. The van der Waals surface area contributed by atoms with Gasteiger partial charge in [-0.25, -0.2) is 0 Å². The predicted molar refractivity (Wildman–Crippen MR) is 59.1 cm³/mol. The lowest BCUT2D eigenvalue weighted by atomic mass is 9.95. The molecule has 0 saturated carbocycles. The topological polar surface area (TPSA) is 0 Å². The minimum absolute atomic E-state index is 0.533. The summed E-state index contributed by atoms with van der Waals surface area (Å²) in [4.78, 5) is 0. The Hall–Kier alpha value is -1.04. The maximum Gasteiger partial charge on any atom is -0.000792 e. The van der Waals surface area contributed by atoms with Crippen molar-refractivity contribution in [1.82, 2.24) is 0 Å². The normalized spacial score (nSPS) is 13.5. The largest absolute Gasteiger partial charge is 0.0911 e. The smallest absolute Gasteiger partial charge is 0.000792 e. The van der Waals surface area contributed by atoms with E-state index in [0.717, 1.165) is 0 Å². The Morgan fingerprint density at radius 2 is 1.92 bits per heavy atom. The highest BCUT2D eigenvalue weighted by atomic mass is 14.1. The van der Waals surface area contributed by atoms with Crippen LogP contribution in [0.1, 0.15) is 36.5 Å². The predicted octanol–water partition coefficient (Wildman–Crippen LogP) is 3.98. The summed E-state index contributed by atoms with van der Waals surface area (Å²) in [5, 5.41) is 0. The molecule has 0 N–H and O–H groups in total. The van der Waals surface area contributed by atoms with Gasteiger partial charge in [-0.1, -0.05) is 42.8 Å². The number of allylic oxidation sites excluding steroid dienone is 2. The molecule has 0 saturated heterocycles. The van der Waals surface area contributed by atoms with Crippen LogP contribution in [-0.2, 0) is 0 Å². The van der Waals surface area contributed by atoms with Crippen LogP contribution in [0.3, 0.4) is 0 Å². The summed E-state index contributed by atoms with van der Waals surface area (Å²) < 4.78 is 0. The molecule has 0 aromatic heterocycles. The van der Waals surface area contributed by atoms with E-state index in [9.17, 15) is 0 Å². The van der Waals surface area contributed by atoms with Crippen LogP contribution in [0.2, 0.25) is 0 Å². The van der Waals surface area contributed by atoms with Gasteiger partial charge in [-0.3, -0.25) is 0 Å². The van der Waals surface area contributed by atoms with E-state index >= 15 is 0 Å². The molecule has 1 aromatic rings. The maximum absolute atomic E-state index is 2.25. The second kappa shape index (κ2) is 4.27. The van der Waals surface area contributed by atoms with Gasteiger partial charge in [-0.15, -0.1) is 0 Å². The highest BCUT2D eigenvalue weighted by Crippen LogP contribution is 2.21. The van der Waals surface area contributed by atoms with Crippen molar-refractivity contribution >= 4 is 0 Å². The Kier molecular flexibility index (Phi) is 3.30. The summed E-state index contributed by atoms with van der Waals surface area (Å²) in [5.41, 5.74) is 4.17. The van der Waals surface area contributed by atoms with Crippen LogP contribution in [0.4, 0.5) is 0 Å². The van der Waals surface area contributed by atoms with Crippen molar-refractivity contribution in [3.63, 3.8) is 0 Å². The van der Waals surface area contributed by atoms with Gasteiger partial charge in [0, 0.05) is 0 Å². The summed E-state index contributed by atoms with van der Waals surface area (Å²) in [7, 11) is 0. The van der Waals surface area contributed by atoms with Gasteiger partial charge in [0.2, 0.25) is 0 Å². The number of hydrogen-bond acceptors (Lipinski definition) is 0. The monoisotopic (exact) mass is 174 g/mol. The molecule has 0 spiro atoms. The van der Waals surface area contributed by atoms with Gasteiger partial charge in [0.15, 0.2) is 0 Å². The molecule has 1 aromatic carbocycles. The van der Waals surface area contributed by atoms with E-state index in [4.69, 9.17) is 0 Å². The Labute approximate surface area is 81.3 Å². The van der Waals surface area contributed by atoms with Gasteiger partial charge < -0.3 is 0 Å². The Balaban J connectivity index is 3.01. The second-order valence-corrected chi connectivity index (χ2v) is 3.67. The minimum atomic E-state index is 0.533. The summed E-state index contributed by atoms with van der Waals surface area (Å²) >= 11 is 0. The molecule has 1 atom stereocenters. The molecule has 0 aliphatic rings. The van der Waals surface area contributed by atoms with Crippen molar-refractivity contribution in [3.8, 4) is 0 Å². The SMILES string of the molecule is CC=CC(C)c1ccc(C)cc1C. The summed E-state index contributed by atoms with van der Waals surface area (Å²) in [6.45, 7) is 8.62. The zero-order valence-corrected chi connectivity index (χ0v) is 8.96. The standard InChI is InChI=1S/C13H18/c1-5-6-11(3)13-8-7-10(2)9-12(13)4/h5-9,11H,1-4H3. The zero-order valence-electron chi connectivity index (χ0n) is 8.96. The molecule has 0 fully saturated rings. The van der Waals surface area contributed by atoms with Crippen LogP contribution in [0.25, 0.3) is 0 Å². The minimum Gasteiger partial charge on any atom is -0.0911 e. The Bertz CT molecular complexity index is 308. The summed E-state index contributed by atoms with van der Waals surface area (Å²) in [6, 6.07) is 6.66. The van der Waals surface area contributed by atoms with Gasteiger partial charge in [-0.2, -0.15) is 0 Å². The zero-order chi connectivity index (χ0) is 9.84. The summed E-state index contributed by atoms with van der Waals surface area (Å²) in [5.74, 6) is 0.533. The first-order valence-corrected chi connectivity index (χ1v) is 4.85. The van der Waals surface area contributed by atoms with E-state index < -0.39 is 0 Å². The number of hydrogen-bond donors (Lipinski definition) is 0. The molecule has 13 heavy (non-hydrogen) atoms. The van der Waals surface area contributed by atoms with Crippen LogP contribution >= 0.6 is 0 Å². The van der Waals surface area contributed by atoms with Gasteiger partial charge in [0.05, 0.1) is 0 Å². The van der Waals surface area contributed by atoms with Crippen molar-refractivity contribution < 1.29 is 0 Å². The Morgan fingerprint density at radius 1 is 1.23 bits per heavy atom. The second-order valence-electron chi connectivity index (χ2n) is 3.67. The highest BCUT2D eigenvalue weighted by molar-refractivity contribution is 5.34. The average molecular weight is 174 g/mol. The maximum atomic E-state index is 2.25. The first-order valence-electron chi connectivity index (χ1n) is 4.85. The van der Waals surface area contributed by atoms with Crippen LogP contribution in [0, 0.1) is 13.8 Å². The Morgan fingerprint density at radius 3 is 2.46 bits per heavy atom. The molecule has 0 nitrogen and oxygen atoms in total. The quantitative estimate of drug-likeness (QED) is 0.595. The lowest BCUT2D eigenvalue weighted by Crippen LogP contribution is -1.93. The fourth-order valence-corrected chi connectivity index (χ4v) is 1.73. The molecule has 0 aliphatic carbocycles. The van der Waals surface area contributed by atoms with E-state index in [1.54, 1.807) is 0 Å². The third-order valence-corrected chi connectivity index (χ3v) is 2.40. The molecule has 70 valence electrons. The van der Waals surface area contributed by atoms with Gasteiger partial charge in [0.1, 0.15) is 0 Å². The van der Waals surface area contributed by atoms with Crippen LogP contribution in [0.15, 0.2) is 30.4 Å². The van der Waals surface area contributed by atoms with E-state index in [0.29, 0.717) is 5.92 Å². The van der Waals surface area contributed by atoms with Gasteiger partial charge in [-0.05, 0) is 37.8 Å². The molecule has 1 rings (SSSR count). The van der Waals surface area contributed by atoms with Gasteiger partial charge in [0.25, 0.3) is 0 Å².